The summed E-state index contributed by atoms with van der Waals surface area (Å²) < 4.78 is 5.51. The van der Waals surface area contributed by atoms with Gasteiger partial charge in [-0.15, -0.1) is 0 Å². The third-order valence-corrected chi connectivity index (χ3v) is 11.4. The quantitative estimate of drug-likeness (QED) is 0.114. The first-order valence-corrected chi connectivity index (χ1v) is 16.6. The molecule has 4 atom stereocenters. The second kappa shape index (κ2) is 11.9. The molecule has 3 saturated carbocycles. The van der Waals surface area contributed by atoms with E-state index in [1.165, 1.54) is 67.9 Å². The lowest BCUT2D eigenvalue weighted by atomic mass is 9.63. The molecule has 1 saturated heterocycles. The SMILES string of the molecule is CC1CCC(C2CCC(c3ccc(/C=C/C(=O)Oc4ccc(N5C(=O)C6C7C=CC(CC7)C6C5=O)cc4)cc3)CC2)CC1. The van der Waals surface area contributed by atoms with Gasteiger partial charge in [0.1, 0.15) is 5.75 Å². The van der Waals surface area contributed by atoms with Gasteiger partial charge in [0, 0.05) is 6.08 Å². The van der Waals surface area contributed by atoms with Crippen molar-refractivity contribution in [3.63, 3.8) is 0 Å². The van der Waals surface area contributed by atoms with E-state index in [0.29, 0.717) is 17.4 Å². The summed E-state index contributed by atoms with van der Waals surface area (Å²) in [5.74, 6) is 3.01. The normalized spacial score (nSPS) is 33.7. The van der Waals surface area contributed by atoms with Crippen molar-refractivity contribution in [2.45, 2.75) is 77.0 Å². The number of ether oxygens (including phenoxy) is 1. The Morgan fingerprint density at radius 2 is 1.28 bits per heavy atom. The average molecular weight is 578 g/mol. The minimum Gasteiger partial charge on any atom is -0.423 e. The van der Waals surface area contributed by atoms with Gasteiger partial charge in [-0.25, -0.2) is 4.79 Å². The Labute approximate surface area is 255 Å². The van der Waals surface area contributed by atoms with E-state index in [1.54, 1.807) is 30.3 Å². The number of hydrogen-bond acceptors (Lipinski definition) is 4. The van der Waals surface area contributed by atoms with Crippen molar-refractivity contribution in [3.8, 4) is 5.75 Å². The summed E-state index contributed by atoms with van der Waals surface area (Å²) in [5.41, 5.74) is 2.92. The molecule has 224 valence electrons. The molecule has 2 bridgehead atoms. The zero-order valence-electron chi connectivity index (χ0n) is 25.2. The van der Waals surface area contributed by atoms with E-state index in [0.717, 1.165) is 36.2 Å². The molecular weight excluding hydrogens is 534 g/mol. The van der Waals surface area contributed by atoms with E-state index in [2.05, 4.69) is 43.3 Å². The molecule has 2 aromatic carbocycles. The van der Waals surface area contributed by atoms with Crippen molar-refractivity contribution in [2.24, 2.45) is 41.4 Å². The zero-order chi connectivity index (χ0) is 29.5. The number of rotatable bonds is 6. The molecule has 1 aliphatic heterocycles. The molecule has 5 nitrogen and oxygen atoms in total. The van der Waals surface area contributed by atoms with Crippen LogP contribution in [0, 0.1) is 41.4 Å². The second-order valence-corrected chi connectivity index (χ2v) is 13.9. The average Bonchev–Trinajstić information content (AvgIpc) is 3.33. The summed E-state index contributed by atoms with van der Waals surface area (Å²) in [6.07, 6.45) is 20.4. The molecule has 0 radical (unpaired) electrons. The minimum atomic E-state index is -0.464. The van der Waals surface area contributed by atoms with E-state index >= 15 is 0 Å². The number of allylic oxidation sites excluding steroid dienone is 2. The maximum atomic E-state index is 13.2. The Bertz CT molecular complexity index is 1370. The maximum Gasteiger partial charge on any atom is 0.336 e. The predicted molar refractivity (Wildman–Crippen MR) is 168 cm³/mol. The van der Waals surface area contributed by atoms with Crippen LogP contribution in [0.4, 0.5) is 5.69 Å². The number of anilines is 1. The molecule has 8 rings (SSSR count). The number of fused-ring (bicyclic) bond motifs is 1. The molecule has 6 aliphatic rings. The molecular formula is C38H43NO4. The lowest BCUT2D eigenvalue weighted by molar-refractivity contribution is -0.129. The predicted octanol–water partition coefficient (Wildman–Crippen LogP) is 8.11. The van der Waals surface area contributed by atoms with Crippen LogP contribution in [0.1, 0.15) is 88.2 Å². The van der Waals surface area contributed by atoms with Crippen LogP contribution in [0.5, 0.6) is 5.75 Å². The van der Waals surface area contributed by atoms with Crippen LogP contribution in [0.15, 0.2) is 66.8 Å². The summed E-state index contributed by atoms with van der Waals surface area (Å²) in [4.78, 5) is 40.3. The van der Waals surface area contributed by atoms with Gasteiger partial charge in [0.2, 0.25) is 11.8 Å². The molecule has 5 aliphatic carbocycles. The van der Waals surface area contributed by atoms with Crippen LogP contribution in [0.25, 0.3) is 6.08 Å². The molecule has 0 spiro atoms. The van der Waals surface area contributed by atoms with E-state index in [1.807, 2.05) is 0 Å². The molecule has 2 amide bonds. The number of imide groups is 1. The van der Waals surface area contributed by atoms with Gasteiger partial charge < -0.3 is 4.74 Å². The zero-order valence-corrected chi connectivity index (χ0v) is 25.2. The molecule has 0 aromatic heterocycles. The number of nitrogens with zero attached hydrogens (tertiary/aromatic N) is 1. The summed E-state index contributed by atoms with van der Waals surface area (Å²) in [7, 11) is 0. The smallest absolute Gasteiger partial charge is 0.336 e. The minimum absolute atomic E-state index is 0.102. The van der Waals surface area contributed by atoms with Crippen molar-refractivity contribution < 1.29 is 19.1 Å². The first-order chi connectivity index (χ1) is 20.9. The lowest BCUT2D eigenvalue weighted by Crippen LogP contribution is -2.38. The monoisotopic (exact) mass is 577 g/mol. The Balaban J connectivity index is 0.907. The van der Waals surface area contributed by atoms with Gasteiger partial charge in [-0.2, -0.15) is 0 Å². The molecule has 5 heteroatoms. The fourth-order valence-corrected chi connectivity index (χ4v) is 8.87. The highest BCUT2D eigenvalue weighted by atomic mass is 16.5. The summed E-state index contributed by atoms with van der Waals surface area (Å²) in [5, 5.41) is 0. The summed E-state index contributed by atoms with van der Waals surface area (Å²) in [6, 6.07) is 15.3. The number of esters is 1. The number of hydrogen-bond donors (Lipinski definition) is 0. The largest absolute Gasteiger partial charge is 0.423 e. The Morgan fingerprint density at radius 1 is 0.721 bits per heavy atom. The van der Waals surface area contributed by atoms with E-state index in [-0.39, 0.29) is 35.5 Å². The van der Waals surface area contributed by atoms with E-state index < -0.39 is 5.97 Å². The summed E-state index contributed by atoms with van der Waals surface area (Å²) >= 11 is 0. The van der Waals surface area contributed by atoms with Gasteiger partial charge >= 0.3 is 5.97 Å². The van der Waals surface area contributed by atoms with E-state index in [4.69, 9.17) is 4.74 Å². The third kappa shape index (κ3) is 5.63. The highest BCUT2D eigenvalue weighted by Gasteiger charge is 2.56. The van der Waals surface area contributed by atoms with Crippen LogP contribution >= 0.6 is 0 Å². The van der Waals surface area contributed by atoms with Crippen molar-refractivity contribution >= 4 is 29.5 Å². The maximum absolute atomic E-state index is 13.2. The van der Waals surface area contributed by atoms with Gasteiger partial charge in [-0.1, -0.05) is 56.2 Å². The molecule has 2 aromatic rings. The summed E-state index contributed by atoms with van der Waals surface area (Å²) in [6.45, 7) is 2.41. The van der Waals surface area contributed by atoms with Gasteiger partial charge in [0.15, 0.2) is 0 Å². The standard InChI is InChI=1S/C38H43NO4/c1-24-2-7-26(8-3-24)28-11-13-29(14-12-28)27-9-4-25(5-10-27)6-23-34(40)43-33-21-19-32(20-22-33)39-37(41)35-30-15-16-31(18-17-30)36(35)38(39)42/h4-6,9-10,15-16,19-24,26,28-31,35-36H,2-3,7-8,11-14,17-18H2,1H3/b23-6+. The molecule has 4 unspecified atom stereocenters. The van der Waals surface area contributed by atoms with Crippen molar-refractivity contribution in [2.75, 3.05) is 4.90 Å². The molecule has 4 fully saturated rings. The fourth-order valence-electron chi connectivity index (χ4n) is 8.87. The van der Waals surface area contributed by atoms with Crippen molar-refractivity contribution in [3.05, 3.63) is 77.9 Å². The second-order valence-electron chi connectivity index (χ2n) is 13.9. The van der Waals surface area contributed by atoms with Gasteiger partial charge in [-0.3, -0.25) is 14.5 Å². The Morgan fingerprint density at radius 3 is 1.84 bits per heavy atom. The van der Waals surface area contributed by atoms with Crippen LogP contribution in [-0.4, -0.2) is 17.8 Å². The Kier molecular flexibility index (Phi) is 7.83. The van der Waals surface area contributed by atoms with Gasteiger partial charge in [0.25, 0.3) is 0 Å². The number of benzene rings is 2. The van der Waals surface area contributed by atoms with Crippen LogP contribution < -0.4 is 9.64 Å². The van der Waals surface area contributed by atoms with Crippen LogP contribution in [0.3, 0.4) is 0 Å². The first kappa shape index (κ1) is 28.3. The third-order valence-electron chi connectivity index (χ3n) is 11.4. The van der Waals surface area contributed by atoms with E-state index in [9.17, 15) is 14.4 Å². The number of carbonyl (C=O) groups is 3. The molecule has 43 heavy (non-hydrogen) atoms. The van der Waals surface area contributed by atoms with Gasteiger partial charge in [0.05, 0.1) is 17.5 Å². The van der Waals surface area contributed by atoms with Gasteiger partial charge in [-0.05, 0) is 128 Å². The number of amides is 2. The van der Waals surface area contributed by atoms with Crippen molar-refractivity contribution in [1.29, 1.82) is 0 Å². The first-order valence-electron chi connectivity index (χ1n) is 16.6. The topological polar surface area (TPSA) is 63.7 Å². The number of carbonyl (C=O) groups excluding carboxylic acids is 3. The van der Waals surface area contributed by atoms with Crippen LogP contribution in [0.2, 0.25) is 0 Å². The molecule has 0 N–H and O–H groups in total. The van der Waals surface area contributed by atoms with Crippen LogP contribution in [-0.2, 0) is 14.4 Å². The molecule has 1 heterocycles. The fraction of sp³-hybridized carbons (Fsp3) is 0.500. The highest BCUT2D eigenvalue weighted by molar-refractivity contribution is 6.22. The Hall–Kier alpha value is -3.47. The van der Waals surface area contributed by atoms with Crippen molar-refractivity contribution in [1.82, 2.24) is 0 Å². The lowest BCUT2D eigenvalue weighted by Gasteiger charge is -2.38. The highest BCUT2D eigenvalue weighted by Crippen LogP contribution is 2.50.